The van der Waals surface area contributed by atoms with Crippen LogP contribution in [0.3, 0.4) is 0 Å². The van der Waals surface area contributed by atoms with E-state index in [9.17, 15) is 13.2 Å². The van der Waals surface area contributed by atoms with Gasteiger partial charge in [-0.05, 0) is 24.3 Å². The predicted octanol–water partition coefficient (Wildman–Crippen LogP) is 2.48. The summed E-state index contributed by atoms with van der Waals surface area (Å²) in [5.41, 5.74) is -0.0804. The molecule has 0 bridgehead atoms. The van der Waals surface area contributed by atoms with Crippen LogP contribution in [-0.4, -0.2) is 13.4 Å². The molecule has 1 aromatic carbocycles. The van der Waals surface area contributed by atoms with Crippen molar-refractivity contribution in [3.63, 3.8) is 0 Å². The van der Waals surface area contributed by atoms with E-state index in [0.717, 1.165) is 0 Å². The zero-order valence-electron chi connectivity index (χ0n) is 9.35. The molecule has 100 valence electrons. The summed E-state index contributed by atoms with van der Waals surface area (Å²) < 4.78 is 26.4. The van der Waals surface area contributed by atoms with E-state index in [1.807, 2.05) is 0 Å². The lowest BCUT2D eigenvalue weighted by molar-refractivity contribution is 0.601. The van der Waals surface area contributed by atoms with Crippen LogP contribution in [0, 0.1) is 0 Å². The van der Waals surface area contributed by atoms with E-state index in [1.54, 1.807) is 0 Å². The minimum atomic E-state index is -3.78. The molecule has 0 atom stereocenters. The molecule has 8 heteroatoms. The fourth-order valence-corrected chi connectivity index (χ4v) is 2.77. The Morgan fingerprint density at radius 3 is 2.37 bits per heavy atom. The van der Waals surface area contributed by atoms with Gasteiger partial charge in [-0.2, -0.15) is 0 Å². The van der Waals surface area contributed by atoms with Crippen LogP contribution in [0.15, 0.2) is 46.2 Å². The second kappa shape index (κ2) is 5.24. The van der Waals surface area contributed by atoms with Gasteiger partial charge in [-0.3, -0.25) is 9.52 Å². The standard InChI is InChI=1S/C11H8Cl2N2O3S/c12-9-3-2-8(5-10(9)13)19(17,18)15-7-1-4-11(16)14-6-7/h1-6,15H,(H,14,16). The van der Waals surface area contributed by atoms with Gasteiger partial charge < -0.3 is 4.98 Å². The zero-order chi connectivity index (χ0) is 14.0. The number of rotatable bonds is 3. The average Bonchev–Trinajstić information content (AvgIpc) is 2.35. The molecule has 1 aromatic heterocycles. The van der Waals surface area contributed by atoms with Crippen LogP contribution in [0.5, 0.6) is 0 Å². The normalized spacial score (nSPS) is 11.3. The molecule has 0 fully saturated rings. The molecule has 0 aliphatic carbocycles. The molecular weight excluding hydrogens is 311 g/mol. The maximum atomic E-state index is 12.0. The van der Waals surface area contributed by atoms with Crippen molar-refractivity contribution in [3.05, 3.63) is 56.9 Å². The Morgan fingerprint density at radius 1 is 1.05 bits per heavy atom. The SMILES string of the molecule is O=c1ccc(NS(=O)(=O)c2ccc(Cl)c(Cl)c2)c[nH]1. The minimum absolute atomic E-state index is 0.0203. The van der Waals surface area contributed by atoms with E-state index in [1.165, 1.54) is 36.5 Å². The van der Waals surface area contributed by atoms with Gasteiger partial charge in [0.05, 0.1) is 20.6 Å². The number of anilines is 1. The third-order valence-electron chi connectivity index (χ3n) is 2.24. The van der Waals surface area contributed by atoms with E-state index in [2.05, 4.69) is 9.71 Å². The van der Waals surface area contributed by atoms with Gasteiger partial charge in [-0.25, -0.2) is 8.42 Å². The molecule has 5 nitrogen and oxygen atoms in total. The average molecular weight is 319 g/mol. The number of halogens is 2. The second-order valence-electron chi connectivity index (χ2n) is 3.62. The van der Waals surface area contributed by atoms with Crippen LogP contribution in [0.2, 0.25) is 10.0 Å². The molecule has 1 heterocycles. The molecule has 0 aliphatic rings. The molecular formula is C11H8Cl2N2O3S. The molecule has 2 aromatic rings. The summed E-state index contributed by atoms with van der Waals surface area (Å²) >= 11 is 11.5. The number of sulfonamides is 1. The molecule has 2 rings (SSSR count). The highest BCUT2D eigenvalue weighted by Crippen LogP contribution is 2.25. The molecule has 2 N–H and O–H groups in total. The molecule has 0 amide bonds. The number of pyridine rings is 1. The van der Waals surface area contributed by atoms with Crippen molar-refractivity contribution in [1.29, 1.82) is 0 Å². The van der Waals surface area contributed by atoms with Crippen LogP contribution in [-0.2, 0) is 10.0 Å². The van der Waals surface area contributed by atoms with E-state index in [-0.39, 0.29) is 26.2 Å². The fraction of sp³-hybridized carbons (Fsp3) is 0. The van der Waals surface area contributed by atoms with E-state index < -0.39 is 10.0 Å². The number of hydrogen-bond donors (Lipinski definition) is 2. The number of aromatic amines is 1. The predicted molar refractivity (Wildman–Crippen MR) is 74.3 cm³/mol. The van der Waals surface area contributed by atoms with Crippen molar-refractivity contribution >= 4 is 38.9 Å². The third-order valence-corrected chi connectivity index (χ3v) is 4.36. The van der Waals surface area contributed by atoms with Gasteiger partial charge in [-0.15, -0.1) is 0 Å². The van der Waals surface area contributed by atoms with E-state index >= 15 is 0 Å². The Hall–Kier alpha value is -1.50. The maximum Gasteiger partial charge on any atom is 0.261 e. The van der Waals surface area contributed by atoms with Crippen LogP contribution in [0.4, 0.5) is 5.69 Å². The zero-order valence-corrected chi connectivity index (χ0v) is 11.7. The maximum absolute atomic E-state index is 12.0. The van der Waals surface area contributed by atoms with Crippen molar-refractivity contribution in [3.8, 4) is 0 Å². The molecule has 19 heavy (non-hydrogen) atoms. The summed E-state index contributed by atoms with van der Waals surface area (Å²) in [5.74, 6) is 0. The molecule has 0 spiro atoms. The van der Waals surface area contributed by atoms with E-state index in [4.69, 9.17) is 23.2 Å². The first-order chi connectivity index (χ1) is 8.88. The van der Waals surface area contributed by atoms with Gasteiger partial charge in [0.2, 0.25) is 5.56 Å². The number of hydrogen-bond acceptors (Lipinski definition) is 3. The smallest absolute Gasteiger partial charge is 0.261 e. The molecule has 0 aliphatic heterocycles. The molecule has 0 unspecified atom stereocenters. The van der Waals surface area contributed by atoms with Gasteiger partial charge in [0.25, 0.3) is 10.0 Å². The van der Waals surface area contributed by atoms with Gasteiger partial charge in [0, 0.05) is 12.3 Å². The summed E-state index contributed by atoms with van der Waals surface area (Å²) in [6.45, 7) is 0. The number of nitrogens with one attached hydrogen (secondary N) is 2. The number of aromatic nitrogens is 1. The summed E-state index contributed by atoms with van der Waals surface area (Å²) in [6, 6.07) is 6.55. The Labute approximate surface area is 119 Å². The molecule has 0 radical (unpaired) electrons. The summed E-state index contributed by atoms with van der Waals surface area (Å²) in [7, 11) is -3.78. The Morgan fingerprint density at radius 2 is 1.79 bits per heavy atom. The topological polar surface area (TPSA) is 79.0 Å². The Bertz CT molecular complexity index is 751. The van der Waals surface area contributed by atoms with Crippen molar-refractivity contribution in [2.45, 2.75) is 4.90 Å². The van der Waals surface area contributed by atoms with Crippen molar-refractivity contribution in [2.75, 3.05) is 4.72 Å². The first-order valence-electron chi connectivity index (χ1n) is 5.05. The Kier molecular flexibility index (Phi) is 3.84. The lowest BCUT2D eigenvalue weighted by Crippen LogP contribution is -2.14. The van der Waals surface area contributed by atoms with Gasteiger partial charge in [0.15, 0.2) is 0 Å². The molecule has 0 saturated carbocycles. The first-order valence-corrected chi connectivity index (χ1v) is 7.29. The van der Waals surface area contributed by atoms with Gasteiger partial charge in [0.1, 0.15) is 0 Å². The third kappa shape index (κ3) is 3.28. The monoisotopic (exact) mass is 318 g/mol. The highest BCUT2D eigenvalue weighted by Gasteiger charge is 2.15. The van der Waals surface area contributed by atoms with Crippen LogP contribution in [0.1, 0.15) is 0 Å². The van der Waals surface area contributed by atoms with Crippen molar-refractivity contribution < 1.29 is 8.42 Å². The quantitative estimate of drug-likeness (QED) is 0.912. The van der Waals surface area contributed by atoms with E-state index in [0.29, 0.717) is 0 Å². The van der Waals surface area contributed by atoms with Crippen molar-refractivity contribution in [1.82, 2.24) is 4.98 Å². The summed E-state index contributed by atoms with van der Waals surface area (Å²) in [6.07, 6.45) is 1.26. The van der Waals surface area contributed by atoms with Gasteiger partial charge in [-0.1, -0.05) is 23.2 Å². The highest BCUT2D eigenvalue weighted by molar-refractivity contribution is 7.92. The summed E-state index contributed by atoms with van der Waals surface area (Å²) in [4.78, 5) is 13.2. The number of benzene rings is 1. The second-order valence-corrected chi connectivity index (χ2v) is 6.12. The lowest BCUT2D eigenvalue weighted by atomic mass is 10.4. The number of H-pyrrole nitrogens is 1. The van der Waals surface area contributed by atoms with Crippen LogP contribution in [0.25, 0.3) is 0 Å². The highest BCUT2D eigenvalue weighted by atomic mass is 35.5. The minimum Gasteiger partial charge on any atom is -0.327 e. The molecule has 0 saturated heterocycles. The largest absolute Gasteiger partial charge is 0.327 e. The van der Waals surface area contributed by atoms with Gasteiger partial charge >= 0.3 is 0 Å². The van der Waals surface area contributed by atoms with Crippen molar-refractivity contribution in [2.24, 2.45) is 0 Å². The van der Waals surface area contributed by atoms with Crippen LogP contribution < -0.4 is 10.3 Å². The van der Waals surface area contributed by atoms with Crippen LogP contribution >= 0.6 is 23.2 Å². The first kappa shape index (κ1) is 13.9. The Balaban J connectivity index is 2.34. The fourth-order valence-electron chi connectivity index (χ4n) is 1.33. The lowest BCUT2D eigenvalue weighted by Gasteiger charge is -2.08. The summed E-state index contributed by atoms with van der Waals surface area (Å²) in [5, 5.41) is 0.413.